The molecule has 1 aromatic carbocycles. The SMILES string of the molecule is C/C=C(\C=NC1=CC(/C(=C/C)C(CC)=NC)Cc2cc(C#N)ccc21)CC. The Morgan fingerprint density at radius 2 is 2.00 bits per heavy atom. The zero-order chi connectivity index (χ0) is 19.8. The average molecular weight is 360 g/mol. The second kappa shape index (κ2) is 9.83. The van der Waals surface area contributed by atoms with E-state index in [1.807, 2.05) is 38.4 Å². The van der Waals surface area contributed by atoms with E-state index in [2.05, 4.69) is 50.1 Å². The normalized spacial score (nSPS) is 18.3. The first kappa shape index (κ1) is 20.6. The molecule has 1 aromatic rings. The molecule has 0 amide bonds. The molecule has 0 spiro atoms. The van der Waals surface area contributed by atoms with Gasteiger partial charge in [0.05, 0.1) is 17.3 Å². The lowest BCUT2D eigenvalue weighted by Crippen LogP contribution is -2.18. The van der Waals surface area contributed by atoms with Crippen LogP contribution in [0.4, 0.5) is 0 Å². The molecule has 2 rings (SSSR count). The summed E-state index contributed by atoms with van der Waals surface area (Å²) in [5.41, 5.74) is 7.57. The molecular formula is C24H29N3. The van der Waals surface area contributed by atoms with E-state index in [9.17, 15) is 5.26 Å². The van der Waals surface area contributed by atoms with Gasteiger partial charge in [-0.1, -0.05) is 38.1 Å². The molecule has 1 atom stereocenters. The van der Waals surface area contributed by atoms with Gasteiger partial charge < -0.3 is 0 Å². The summed E-state index contributed by atoms with van der Waals surface area (Å²) in [7, 11) is 1.86. The van der Waals surface area contributed by atoms with Crippen LogP contribution in [-0.4, -0.2) is 19.0 Å². The van der Waals surface area contributed by atoms with Gasteiger partial charge in [0.2, 0.25) is 0 Å². The average Bonchev–Trinajstić information content (AvgIpc) is 2.71. The van der Waals surface area contributed by atoms with Crippen molar-refractivity contribution < 1.29 is 0 Å². The number of nitriles is 1. The van der Waals surface area contributed by atoms with Crippen LogP contribution < -0.4 is 0 Å². The Bertz CT molecular complexity index is 873. The third kappa shape index (κ3) is 4.71. The van der Waals surface area contributed by atoms with Crippen molar-refractivity contribution in [3.05, 3.63) is 64.3 Å². The van der Waals surface area contributed by atoms with Crippen molar-refractivity contribution >= 4 is 17.6 Å². The minimum absolute atomic E-state index is 0.220. The van der Waals surface area contributed by atoms with Crippen molar-refractivity contribution in [2.24, 2.45) is 15.9 Å². The molecule has 0 bridgehead atoms. The molecule has 0 N–H and O–H groups in total. The highest BCUT2D eigenvalue weighted by Crippen LogP contribution is 2.35. The number of rotatable bonds is 6. The molecule has 3 nitrogen and oxygen atoms in total. The van der Waals surface area contributed by atoms with Gasteiger partial charge in [-0.25, -0.2) is 0 Å². The third-order valence-electron chi connectivity index (χ3n) is 5.11. The van der Waals surface area contributed by atoms with Crippen LogP contribution in [0.15, 0.2) is 57.6 Å². The molecule has 0 radical (unpaired) electrons. The number of allylic oxidation sites excluding steroid dienone is 5. The Labute approximate surface area is 163 Å². The van der Waals surface area contributed by atoms with E-state index >= 15 is 0 Å². The second-order valence-electron chi connectivity index (χ2n) is 6.59. The first-order chi connectivity index (χ1) is 13.1. The Balaban J connectivity index is 2.55. The molecule has 0 saturated heterocycles. The molecular weight excluding hydrogens is 330 g/mol. The smallest absolute Gasteiger partial charge is 0.0991 e. The minimum atomic E-state index is 0.220. The van der Waals surface area contributed by atoms with Crippen LogP contribution in [0.3, 0.4) is 0 Å². The minimum Gasteiger partial charge on any atom is -0.293 e. The van der Waals surface area contributed by atoms with E-state index in [1.54, 1.807) is 0 Å². The van der Waals surface area contributed by atoms with Crippen molar-refractivity contribution in [3.63, 3.8) is 0 Å². The summed E-state index contributed by atoms with van der Waals surface area (Å²) < 4.78 is 0. The Kier molecular flexibility index (Phi) is 7.49. The lowest BCUT2D eigenvalue weighted by Gasteiger charge is -2.25. The number of hydrogen-bond acceptors (Lipinski definition) is 3. The fourth-order valence-electron chi connectivity index (χ4n) is 3.58. The van der Waals surface area contributed by atoms with Gasteiger partial charge >= 0.3 is 0 Å². The van der Waals surface area contributed by atoms with Crippen LogP contribution in [0.2, 0.25) is 0 Å². The number of fused-ring (bicyclic) bond motifs is 1. The third-order valence-corrected chi connectivity index (χ3v) is 5.11. The summed E-state index contributed by atoms with van der Waals surface area (Å²) in [6.07, 6.45) is 11.2. The lowest BCUT2D eigenvalue weighted by atomic mass is 9.80. The molecule has 0 saturated carbocycles. The zero-order valence-corrected chi connectivity index (χ0v) is 17.1. The van der Waals surface area contributed by atoms with Gasteiger partial charge in [0, 0.05) is 30.5 Å². The molecule has 0 aromatic heterocycles. The molecule has 140 valence electrons. The predicted octanol–water partition coefficient (Wildman–Crippen LogP) is 5.93. The van der Waals surface area contributed by atoms with Gasteiger partial charge in [0.15, 0.2) is 0 Å². The summed E-state index contributed by atoms with van der Waals surface area (Å²) >= 11 is 0. The summed E-state index contributed by atoms with van der Waals surface area (Å²) in [4.78, 5) is 9.31. The Morgan fingerprint density at radius 3 is 2.56 bits per heavy atom. The van der Waals surface area contributed by atoms with Crippen LogP contribution in [0, 0.1) is 17.2 Å². The Morgan fingerprint density at radius 1 is 1.22 bits per heavy atom. The van der Waals surface area contributed by atoms with Crippen LogP contribution in [0.1, 0.15) is 57.2 Å². The summed E-state index contributed by atoms with van der Waals surface area (Å²) in [6, 6.07) is 8.16. The molecule has 1 unspecified atom stereocenters. The van der Waals surface area contributed by atoms with E-state index < -0.39 is 0 Å². The van der Waals surface area contributed by atoms with Crippen LogP contribution >= 0.6 is 0 Å². The fourth-order valence-corrected chi connectivity index (χ4v) is 3.58. The molecule has 1 aliphatic carbocycles. The Hall–Kier alpha value is -2.73. The van der Waals surface area contributed by atoms with Crippen molar-refractivity contribution in [1.29, 1.82) is 5.26 Å². The standard InChI is InChI=1S/C24H29N3/c1-6-17(7-2)16-27-24-14-20(21(8-3)23(9-4)26-5)13-19-12-18(15-25)10-11-22(19)24/h6,8,10-12,14,16,20H,7,9,13H2,1-5H3/b17-6-,21-8-,26-23?,27-16?. The van der Waals surface area contributed by atoms with Gasteiger partial charge in [-0.3, -0.25) is 9.98 Å². The lowest BCUT2D eigenvalue weighted by molar-refractivity contribution is 0.761. The first-order valence-electron chi connectivity index (χ1n) is 9.68. The number of nitrogens with zero attached hydrogens (tertiary/aromatic N) is 3. The number of aliphatic imine (C=N–C) groups is 2. The van der Waals surface area contributed by atoms with Crippen LogP contribution in [-0.2, 0) is 6.42 Å². The second-order valence-corrected chi connectivity index (χ2v) is 6.59. The predicted molar refractivity (Wildman–Crippen MR) is 116 cm³/mol. The summed E-state index contributed by atoms with van der Waals surface area (Å²) in [5, 5.41) is 9.30. The largest absolute Gasteiger partial charge is 0.293 e. The van der Waals surface area contributed by atoms with Gasteiger partial charge in [-0.05, 0) is 62.0 Å². The highest BCUT2D eigenvalue weighted by atomic mass is 14.7. The maximum Gasteiger partial charge on any atom is 0.0991 e. The number of benzene rings is 1. The van der Waals surface area contributed by atoms with Crippen LogP contribution in [0.5, 0.6) is 0 Å². The van der Waals surface area contributed by atoms with Gasteiger partial charge in [-0.2, -0.15) is 5.26 Å². The van der Waals surface area contributed by atoms with E-state index in [4.69, 9.17) is 4.99 Å². The van der Waals surface area contributed by atoms with Crippen LogP contribution in [0.25, 0.3) is 5.70 Å². The van der Waals surface area contributed by atoms with Gasteiger partial charge in [-0.15, -0.1) is 0 Å². The van der Waals surface area contributed by atoms with E-state index in [-0.39, 0.29) is 5.92 Å². The van der Waals surface area contributed by atoms with Crippen molar-refractivity contribution in [1.82, 2.24) is 0 Å². The summed E-state index contributed by atoms with van der Waals surface area (Å²) in [5.74, 6) is 0.220. The monoisotopic (exact) mass is 359 g/mol. The topological polar surface area (TPSA) is 48.5 Å². The maximum absolute atomic E-state index is 9.30. The molecule has 27 heavy (non-hydrogen) atoms. The molecule has 0 fully saturated rings. The fraction of sp³-hybridized carbons (Fsp3) is 0.375. The highest BCUT2D eigenvalue weighted by Gasteiger charge is 2.24. The van der Waals surface area contributed by atoms with Gasteiger partial charge in [0.1, 0.15) is 0 Å². The van der Waals surface area contributed by atoms with E-state index in [0.717, 1.165) is 36.2 Å². The zero-order valence-electron chi connectivity index (χ0n) is 17.1. The molecule has 3 heteroatoms. The van der Waals surface area contributed by atoms with E-state index in [1.165, 1.54) is 16.7 Å². The van der Waals surface area contributed by atoms with Gasteiger partial charge in [0.25, 0.3) is 0 Å². The summed E-state index contributed by atoms with van der Waals surface area (Å²) in [6.45, 7) is 8.39. The quantitative estimate of drug-likeness (QED) is 0.581. The molecule has 1 aliphatic rings. The first-order valence-corrected chi connectivity index (χ1v) is 9.68. The van der Waals surface area contributed by atoms with E-state index in [0.29, 0.717) is 5.56 Å². The number of hydrogen-bond donors (Lipinski definition) is 0. The van der Waals surface area contributed by atoms with Crippen molar-refractivity contribution in [2.75, 3.05) is 7.05 Å². The molecule has 0 heterocycles. The van der Waals surface area contributed by atoms with Crippen molar-refractivity contribution in [3.8, 4) is 6.07 Å². The highest BCUT2D eigenvalue weighted by molar-refractivity contribution is 6.01. The maximum atomic E-state index is 9.30. The van der Waals surface area contributed by atoms with Crippen molar-refractivity contribution in [2.45, 2.75) is 47.0 Å². The molecule has 0 aliphatic heterocycles.